The molecule has 0 saturated carbocycles. The number of aromatic nitrogens is 2. The third kappa shape index (κ3) is 2.51. The van der Waals surface area contributed by atoms with Crippen LogP contribution >= 0.6 is 12.2 Å². The molecule has 5 heteroatoms. The second-order valence-corrected chi connectivity index (χ2v) is 4.21. The molecule has 0 aliphatic rings. The third-order valence-electron chi connectivity index (χ3n) is 2.56. The van der Waals surface area contributed by atoms with Crippen molar-refractivity contribution >= 4 is 12.2 Å². The number of ether oxygens (including phenoxy) is 2. The van der Waals surface area contributed by atoms with Gasteiger partial charge in [0, 0.05) is 17.3 Å². The second-order valence-electron chi connectivity index (χ2n) is 3.82. The summed E-state index contributed by atoms with van der Waals surface area (Å²) in [6, 6.07) is 7.54. The van der Waals surface area contributed by atoms with Crippen molar-refractivity contribution in [1.29, 1.82) is 0 Å². The van der Waals surface area contributed by atoms with E-state index in [4.69, 9.17) is 21.7 Å². The Labute approximate surface area is 111 Å². The Balaban J connectivity index is 2.59. The fraction of sp³-hybridized carbons (Fsp3) is 0.231. The van der Waals surface area contributed by atoms with Gasteiger partial charge in [-0.2, -0.15) is 0 Å². The van der Waals surface area contributed by atoms with Gasteiger partial charge in [0.2, 0.25) is 0 Å². The van der Waals surface area contributed by atoms with Gasteiger partial charge in [-0.15, -0.1) is 0 Å². The Hall–Kier alpha value is -1.88. The van der Waals surface area contributed by atoms with Crippen LogP contribution in [0.15, 0.2) is 24.3 Å². The van der Waals surface area contributed by atoms with Gasteiger partial charge in [-0.05, 0) is 37.3 Å². The number of H-pyrrole nitrogens is 1. The SMILES string of the molecule is COc1ccc(-c2cc(C)[nH]c(=S)n2)c(OC)c1. The van der Waals surface area contributed by atoms with Gasteiger partial charge < -0.3 is 14.5 Å². The summed E-state index contributed by atoms with van der Waals surface area (Å²) in [5.74, 6) is 1.45. The zero-order chi connectivity index (χ0) is 13.1. The molecule has 0 saturated heterocycles. The van der Waals surface area contributed by atoms with Crippen LogP contribution in [0.25, 0.3) is 11.3 Å². The molecule has 0 aliphatic heterocycles. The highest BCUT2D eigenvalue weighted by Gasteiger charge is 2.09. The summed E-state index contributed by atoms with van der Waals surface area (Å²) in [6.45, 7) is 1.94. The molecular formula is C13H14N2O2S. The van der Waals surface area contributed by atoms with E-state index in [0.717, 1.165) is 22.7 Å². The van der Waals surface area contributed by atoms with E-state index in [0.29, 0.717) is 10.5 Å². The molecule has 1 heterocycles. The molecule has 0 aliphatic carbocycles. The molecule has 0 amide bonds. The average Bonchev–Trinajstić information content (AvgIpc) is 2.36. The van der Waals surface area contributed by atoms with E-state index in [-0.39, 0.29) is 0 Å². The normalized spacial score (nSPS) is 10.2. The van der Waals surface area contributed by atoms with Crippen molar-refractivity contribution < 1.29 is 9.47 Å². The van der Waals surface area contributed by atoms with E-state index in [1.807, 2.05) is 31.2 Å². The van der Waals surface area contributed by atoms with E-state index >= 15 is 0 Å². The maximum absolute atomic E-state index is 5.36. The predicted octanol–water partition coefficient (Wildman–Crippen LogP) is 3.13. The first kappa shape index (κ1) is 12.6. The van der Waals surface area contributed by atoms with Crippen molar-refractivity contribution in [3.05, 3.63) is 34.7 Å². The number of hydrogen-bond acceptors (Lipinski definition) is 4. The van der Waals surface area contributed by atoms with E-state index in [1.165, 1.54) is 0 Å². The fourth-order valence-corrected chi connectivity index (χ4v) is 1.99. The van der Waals surface area contributed by atoms with Gasteiger partial charge in [0.05, 0.1) is 19.9 Å². The summed E-state index contributed by atoms with van der Waals surface area (Å²) in [6.07, 6.45) is 0. The molecule has 2 aromatic rings. The Bertz CT molecular complexity index is 623. The number of methoxy groups -OCH3 is 2. The first-order valence-corrected chi connectivity index (χ1v) is 5.85. The first-order chi connectivity index (χ1) is 8.63. The molecule has 0 fully saturated rings. The maximum atomic E-state index is 5.36. The number of benzene rings is 1. The quantitative estimate of drug-likeness (QED) is 0.863. The van der Waals surface area contributed by atoms with Crippen molar-refractivity contribution in [3.63, 3.8) is 0 Å². The standard InChI is InChI=1S/C13H14N2O2S/c1-8-6-11(15-13(18)14-8)10-5-4-9(16-2)7-12(10)17-3/h4-7H,1-3H3,(H,14,15,18). The average molecular weight is 262 g/mol. The van der Waals surface area contributed by atoms with Crippen LogP contribution in [-0.2, 0) is 0 Å². The Kier molecular flexibility index (Phi) is 3.62. The lowest BCUT2D eigenvalue weighted by atomic mass is 10.1. The second kappa shape index (κ2) is 5.18. The monoisotopic (exact) mass is 262 g/mol. The molecule has 1 aromatic heterocycles. The Morgan fingerprint density at radius 1 is 1.17 bits per heavy atom. The number of aryl methyl sites for hydroxylation is 1. The molecule has 2 rings (SSSR count). The highest BCUT2D eigenvalue weighted by Crippen LogP contribution is 2.32. The maximum Gasteiger partial charge on any atom is 0.197 e. The summed E-state index contributed by atoms with van der Waals surface area (Å²) in [5, 5.41) is 0. The van der Waals surface area contributed by atoms with Gasteiger partial charge in [0.1, 0.15) is 11.5 Å². The van der Waals surface area contributed by atoms with E-state index in [9.17, 15) is 0 Å². The smallest absolute Gasteiger partial charge is 0.197 e. The highest BCUT2D eigenvalue weighted by atomic mass is 32.1. The molecule has 94 valence electrons. The van der Waals surface area contributed by atoms with Crippen molar-refractivity contribution in [2.24, 2.45) is 0 Å². The van der Waals surface area contributed by atoms with Crippen LogP contribution in [0.4, 0.5) is 0 Å². The fourth-order valence-electron chi connectivity index (χ4n) is 1.73. The van der Waals surface area contributed by atoms with Crippen LogP contribution in [0.3, 0.4) is 0 Å². The highest BCUT2D eigenvalue weighted by molar-refractivity contribution is 7.71. The van der Waals surface area contributed by atoms with E-state index in [1.54, 1.807) is 14.2 Å². The van der Waals surface area contributed by atoms with Crippen molar-refractivity contribution in [3.8, 4) is 22.8 Å². The van der Waals surface area contributed by atoms with Crippen LogP contribution in [0, 0.1) is 11.7 Å². The summed E-state index contributed by atoms with van der Waals surface area (Å²) >= 11 is 5.08. The van der Waals surface area contributed by atoms with Crippen LogP contribution < -0.4 is 9.47 Å². The van der Waals surface area contributed by atoms with Gasteiger partial charge in [0.15, 0.2) is 4.77 Å². The molecule has 1 N–H and O–H groups in total. The number of aromatic amines is 1. The minimum Gasteiger partial charge on any atom is -0.497 e. The molecule has 0 unspecified atom stereocenters. The summed E-state index contributed by atoms with van der Waals surface area (Å²) in [4.78, 5) is 7.29. The summed E-state index contributed by atoms with van der Waals surface area (Å²) < 4.78 is 11.0. The van der Waals surface area contributed by atoms with E-state index in [2.05, 4.69) is 9.97 Å². The molecule has 0 radical (unpaired) electrons. The lowest BCUT2D eigenvalue weighted by molar-refractivity contribution is 0.395. The van der Waals surface area contributed by atoms with Gasteiger partial charge in [-0.1, -0.05) is 0 Å². The van der Waals surface area contributed by atoms with Gasteiger partial charge in [0.25, 0.3) is 0 Å². The molecule has 1 aromatic carbocycles. The molecule has 4 nitrogen and oxygen atoms in total. The van der Waals surface area contributed by atoms with Gasteiger partial charge in [-0.3, -0.25) is 0 Å². The molecule has 18 heavy (non-hydrogen) atoms. The Morgan fingerprint density at radius 2 is 1.94 bits per heavy atom. The van der Waals surface area contributed by atoms with E-state index < -0.39 is 0 Å². The van der Waals surface area contributed by atoms with Crippen molar-refractivity contribution in [2.45, 2.75) is 6.92 Å². The van der Waals surface area contributed by atoms with Gasteiger partial charge >= 0.3 is 0 Å². The number of rotatable bonds is 3. The predicted molar refractivity (Wildman–Crippen MR) is 72.7 cm³/mol. The van der Waals surface area contributed by atoms with Crippen molar-refractivity contribution in [1.82, 2.24) is 9.97 Å². The summed E-state index contributed by atoms with van der Waals surface area (Å²) in [7, 11) is 3.24. The van der Waals surface area contributed by atoms with Crippen LogP contribution in [0.5, 0.6) is 11.5 Å². The molecular weight excluding hydrogens is 248 g/mol. The zero-order valence-corrected chi connectivity index (χ0v) is 11.3. The minimum atomic E-state index is 0.461. The molecule has 0 atom stereocenters. The summed E-state index contributed by atoms with van der Waals surface area (Å²) in [5.41, 5.74) is 2.64. The number of nitrogens with one attached hydrogen (secondary N) is 1. The van der Waals surface area contributed by atoms with Crippen LogP contribution in [0.2, 0.25) is 0 Å². The lowest BCUT2D eigenvalue weighted by Crippen LogP contribution is -1.94. The lowest BCUT2D eigenvalue weighted by Gasteiger charge is -2.10. The largest absolute Gasteiger partial charge is 0.497 e. The molecule has 0 bridgehead atoms. The van der Waals surface area contributed by atoms with Crippen molar-refractivity contribution in [2.75, 3.05) is 14.2 Å². The number of hydrogen-bond donors (Lipinski definition) is 1. The third-order valence-corrected chi connectivity index (χ3v) is 2.76. The van der Waals surface area contributed by atoms with Gasteiger partial charge in [-0.25, -0.2) is 4.98 Å². The minimum absolute atomic E-state index is 0.461. The zero-order valence-electron chi connectivity index (χ0n) is 10.5. The Morgan fingerprint density at radius 3 is 2.56 bits per heavy atom. The van der Waals surface area contributed by atoms with Crippen LogP contribution in [-0.4, -0.2) is 24.2 Å². The first-order valence-electron chi connectivity index (χ1n) is 5.44. The molecule has 0 spiro atoms. The topological polar surface area (TPSA) is 47.1 Å². The number of nitrogens with zero attached hydrogens (tertiary/aromatic N) is 1. The van der Waals surface area contributed by atoms with Crippen LogP contribution in [0.1, 0.15) is 5.69 Å².